The van der Waals surface area contributed by atoms with E-state index in [9.17, 15) is 10.4 Å². The maximum absolute atomic E-state index is 11.2. The molecule has 1 N–H and O–H groups in total. The lowest BCUT2D eigenvalue weighted by atomic mass is 9.69. The number of nitrogens with zero attached hydrogens (tertiary/aromatic N) is 2. The van der Waals surface area contributed by atoms with Crippen molar-refractivity contribution in [2.75, 3.05) is 48.6 Å². The number of aliphatic hydroxyl groups is 1. The lowest BCUT2D eigenvalue weighted by molar-refractivity contribution is 0.0933. The number of methoxy groups -OCH3 is 4. The van der Waals surface area contributed by atoms with Gasteiger partial charge in [-0.25, -0.2) is 0 Å². The van der Waals surface area contributed by atoms with Crippen molar-refractivity contribution in [2.24, 2.45) is 5.92 Å². The van der Waals surface area contributed by atoms with Crippen LogP contribution in [-0.4, -0.2) is 64.7 Å². The van der Waals surface area contributed by atoms with E-state index in [1.807, 2.05) is 39.1 Å². The summed E-state index contributed by atoms with van der Waals surface area (Å²) in [6.45, 7) is 7.46. The highest BCUT2D eigenvalue weighted by Crippen LogP contribution is 2.40. The summed E-state index contributed by atoms with van der Waals surface area (Å²) >= 11 is 0. The van der Waals surface area contributed by atoms with Crippen LogP contribution in [0.3, 0.4) is 0 Å². The highest BCUT2D eigenvalue weighted by atomic mass is 16.5. The SMILES string of the molecule is CCCCc1cc(OC)c(OC)cc1CCN(C)CC(O)CC(C#N)(c1ccc(OC)c(OC)c1)C(C)C. The summed E-state index contributed by atoms with van der Waals surface area (Å²) in [5.41, 5.74) is 2.46. The maximum atomic E-state index is 11.2. The average molecular weight is 527 g/mol. The molecule has 0 aliphatic heterocycles. The fourth-order valence-electron chi connectivity index (χ4n) is 5.03. The Labute approximate surface area is 229 Å². The van der Waals surface area contributed by atoms with Gasteiger partial charge in [-0.15, -0.1) is 0 Å². The Balaban J connectivity index is 2.17. The molecule has 0 amide bonds. The smallest absolute Gasteiger partial charge is 0.161 e. The number of aryl methyl sites for hydroxylation is 1. The molecule has 0 saturated carbocycles. The van der Waals surface area contributed by atoms with Crippen LogP contribution in [0.1, 0.15) is 56.7 Å². The summed E-state index contributed by atoms with van der Waals surface area (Å²) in [5.74, 6) is 2.66. The Morgan fingerprint density at radius 2 is 1.45 bits per heavy atom. The molecule has 0 spiro atoms. The minimum Gasteiger partial charge on any atom is -0.493 e. The van der Waals surface area contributed by atoms with E-state index in [4.69, 9.17) is 18.9 Å². The predicted octanol–water partition coefficient (Wildman–Crippen LogP) is 5.41. The molecule has 2 unspecified atom stereocenters. The molecular formula is C31H46N2O5. The molecule has 0 aliphatic rings. The lowest BCUT2D eigenvalue weighted by Crippen LogP contribution is -2.39. The zero-order valence-electron chi connectivity index (χ0n) is 24.5. The molecule has 210 valence electrons. The van der Waals surface area contributed by atoms with E-state index in [-0.39, 0.29) is 5.92 Å². The predicted molar refractivity (Wildman–Crippen MR) is 152 cm³/mol. The van der Waals surface area contributed by atoms with E-state index in [1.165, 1.54) is 11.1 Å². The second-order valence-corrected chi connectivity index (χ2v) is 10.3. The molecular weight excluding hydrogens is 480 g/mol. The van der Waals surface area contributed by atoms with E-state index in [1.54, 1.807) is 28.4 Å². The lowest BCUT2D eigenvalue weighted by Gasteiger charge is -2.34. The third-order valence-electron chi connectivity index (χ3n) is 7.43. The van der Waals surface area contributed by atoms with Gasteiger partial charge in [-0.1, -0.05) is 33.3 Å². The molecule has 7 nitrogen and oxygen atoms in total. The molecule has 2 atom stereocenters. The van der Waals surface area contributed by atoms with Crippen LogP contribution in [-0.2, 0) is 18.3 Å². The third-order valence-corrected chi connectivity index (χ3v) is 7.43. The first-order valence-electron chi connectivity index (χ1n) is 13.4. The number of aliphatic hydroxyl groups excluding tert-OH is 1. The van der Waals surface area contributed by atoms with Crippen LogP contribution in [0.2, 0.25) is 0 Å². The second-order valence-electron chi connectivity index (χ2n) is 10.3. The summed E-state index contributed by atoms with van der Waals surface area (Å²) < 4.78 is 21.9. The van der Waals surface area contributed by atoms with Gasteiger partial charge in [0.15, 0.2) is 23.0 Å². The number of benzene rings is 2. The van der Waals surface area contributed by atoms with E-state index < -0.39 is 11.5 Å². The molecule has 38 heavy (non-hydrogen) atoms. The van der Waals surface area contributed by atoms with Crippen molar-refractivity contribution in [1.82, 2.24) is 4.90 Å². The summed E-state index contributed by atoms with van der Waals surface area (Å²) in [6, 6.07) is 12.3. The Hall–Kier alpha value is -2.95. The first-order valence-corrected chi connectivity index (χ1v) is 13.4. The molecule has 0 aliphatic carbocycles. The van der Waals surface area contributed by atoms with E-state index in [0.29, 0.717) is 24.5 Å². The van der Waals surface area contributed by atoms with Gasteiger partial charge in [0.05, 0.1) is 46.0 Å². The monoisotopic (exact) mass is 526 g/mol. The Bertz CT molecular complexity index is 1060. The van der Waals surface area contributed by atoms with Gasteiger partial charge in [0.2, 0.25) is 0 Å². The van der Waals surface area contributed by atoms with Crippen molar-refractivity contribution in [2.45, 2.75) is 64.4 Å². The van der Waals surface area contributed by atoms with E-state index >= 15 is 0 Å². The molecule has 0 bridgehead atoms. The van der Waals surface area contributed by atoms with Crippen LogP contribution in [0.25, 0.3) is 0 Å². The summed E-state index contributed by atoms with van der Waals surface area (Å²) in [5, 5.41) is 21.5. The number of hydrogen-bond acceptors (Lipinski definition) is 7. The highest BCUT2D eigenvalue weighted by molar-refractivity contribution is 5.48. The summed E-state index contributed by atoms with van der Waals surface area (Å²) in [6.07, 6.45) is 3.68. The maximum Gasteiger partial charge on any atom is 0.161 e. The topological polar surface area (TPSA) is 84.2 Å². The Morgan fingerprint density at radius 3 is 1.95 bits per heavy atom. The van der Waals surface area contributed by atoms with Crippen molar-refractivity contribution in [3.05, 3.63) is 47.0 Å². The number of likely N-dealkylation sites (N-methyl/N-ethyl adjacent to an activating group) is 1. The molecule has 2 aromatic carbocycles. The average Bonchev–Trinajstić information content (AvgIpc) is 2.92. The van der Waals surface area contributed by atoms with Crippen LogP contribution >= 0.6 is 0 Å². The van der Waals surface area contributed by atoms with Gasteiger partial charge < -0.3 is 29.0 Å². The molecule has 0 aromatic heterocycles. The number of nitriles is 1. The van der Waals surface area contributed by atoms with Gasteiger partial charge in [-0.3, -0.25) is 0 Å². The zero-order valence-corrected chi connectivity index (χ0v) is 24.5. The molecule has 0 fully saturated rings. The summed E-state index contributed by atoms with van der Waals surface area (Å²) in [7, 11) is 8.50. The van der Waals surface area contributed by atoms with E-state index in [0.717, 1.165) is 49.3 Å². The minimum absolute atomic E-state index is 0.0153. The first kappa shape index (κ1) is 31.3. The first-order chi connectivity index (χ1) is 18.2. The van der Waals surface area contributed by atoms with Crippen molar-refractivity contribution in [1.29, 1.82) is 5.26 Å². The van der Waals surface area contributed by atoms with Crippen LogP contribution in [0.15, 0.2) is 30.3 Å². The zero-order chi connectivity index (χ0) is 28.3. The van der Waals surface area contributed by atoms with Gasteiger partial charge in [0.25, 0.3) is 0 Å². The van der Waals surface area contributed by atoms with Gasteiger partial charge in [0.1, 0.15) is 0 Å². The molecule has 0 saturated heterocycles. The van der Waals surface area contributed by atoms with Crippen LogP contribution in [0, 0.1) is 17.2 Å². The van der Waals surface area contributed by atoms with Crippen molar-refractivity contribution >= 4 is 0 Å². The number of hydrogen-bond donors (Lipinski definition) is 1. The van der Waals surface area contributed by atoms with Crippen LogP contribution in [0.4, 0.5) is 0 Å². The largest absolute Gasteiger partial charge is 0.493 e. The quantitative estimate of drug-likeness (QED) is 0.313. The molecule has 0 heterocycles. The number of unbranched alkanes of at least 4 members (excludes halogenated alkanes) is 1. The molecule has 2 aromatic rings. The van der Waals surface area contributed by atoms with Crippen molar-refractivity contribution in [3.8, 4) is 29.1 Å². The van der Waals surface area contributed by atoms with Crippen molar-refractivity contribution < 1.29 is 24.1 Å². The second kappa shape index (κ2) is 14.8. The van der Waals surface area contributed by atoms with Gasteiger partial charge >= 0.3 is 0 Å². The molecule has 0 radical (unpaired) electrons. The van der Waals surface area contributed by atoms with E-state index in [2.05, 4.69) is 30.0 Å². The van der Waals surface area contributed by atoms with Crippen LogP contribution in [0.5, 0.6) is 23.0 Å². The summed E-state index contributed by atoms with van der Waals surface area (Å²) in [4.78, 5) is 2.13. The fraction of sp³-hybridized carbons (Fsp3) is 0.581. The van der Waals surface area contributed by atoms with Crippen LogP contribution < -0.4 is 18.9 Å². The van der Waals surface area contributed by atoms with Gasteiger partial charge in [0, 0.05) is 13.1 Å². The highest BCUT2D eigenvalue weighted by Gasteiger charge is 2.39. The number of ether oxygens (including phenoxy) is 4. The normalized spacial score (nSPS) is 13.6. The Kier molecular flexibility index (Phi) is 12.2. The van der Waals surface area contributed by atoms with Gasteiger partial charge in [-0.05, 0) is 79.6 Å². The molecule has 2 rings (SSSR count). The number of rotatable bonds is 16. The minimum atomic E-state index is -0.865. The third kappa shape index (κ3) is 7.55. The van der Waals surface area contributed by atoms with Gasteiger partial charge in [-0.2, -0.15) is 5.26 Å². The van der Waals surface area contributed by atoms with Crippen molar-refractivity contribution in [3.63, 3.8) is 0 Å². The fourth-order valence-corrected chi connectivity index (χ4v) is 5.03. The standard InChI is InChI=1S/C31H46N2O5/c1-9-10-11-23-16-28(36-6)29(37-7)17-24(23)14-15-33(4)20-26(34)19-31(21-32,22(2)3)25-12-13-27(35-5)30(18-25)38-8/h12-13,16-18,22,26,34H,9-11,14-15,19-20H2,1-8H3. The Morgan fingerprint density at radius 1 is 0.895 bits per heavy atom. The molecule has 7 heteroatoms.